The first-order chi connectivity index (χ1) is 13.3. The number of hydrogen-bond donors (Lipinski definition) is 1. The summed E-state index contributed by atoms with van der Waals surface area (Å²) >= 11 is 12.3. The van der Waals surface area contributed by atoms with Crippen LogP contribution in [0.3, 0.4) is 0 Å². The van der Waals surface area contributed by atoms with Gasteiger partial charge >= 0.3 is 6.16 Å². The summed E-state index contributed by atoms with van der Waals surface area (Å²) in [6, 6.07) is 9.86. The summed E-state index contributed by atoms with van der Waals surface area (Å²) < 4.78 is 19.7. The maximum absolute atomic E-state index is 14.6. The average Bonchev–Trinajstić information content (AvgIpc) is 2.64. The van der Waals surface area contributed by atoms with E-state index in [1.807, 2.05) is 19.1 Å². The molecule has 0 aliphatic heterocycles. The SMILES string of the molecule is CCN(C)c1nc2c(F)cc(Cl)cc2c(Cc2ccccc2Cl)c1OC(=O)O. The number of halogens is 3. The lowest BCUT2D eigenvalue weighted by Crippen LogP contribution is -2.21. The number of anilines is 1. The van der Waals surface area contributed by atoms with Crippen LogP contribution in [0, 0.1) is 5.82 Å². The largest absolute Gasteiger partial charge is 0.511 e. The zero-order chi connectivity index (χ0) is 20.4. The van der Waals surface area contributed by atoms with Crippen LogP contribution in [0.15, 0.2) is 36.4 Å². The lowest BCUT2D eigenvalue weighted by atomic mass is 9.99. The van der Waals surface area contributed by atoms with Gasteiger partial charge in [-0.05, 0) is 30.7 Å². The molecular weight excluding hydrogens is 406 g/mol. The standard InChI is InChI=1S/C20H17Cl2FN2O3/c1-3-25(2)19-18(28-20(26)27)14(8-11-6-4-5-7-15(11)22)13-9-12(21)10-16(23)17(13)24-19/h4-7,9-10H,3,8H2,1-2H3,(H,26,27). The predicted octanol–water partition coefficient (Wildman–Crippen LogP) is 5.78. The Bertz CT molecular complexity index is 1060. The molecule has 0 fully saturated rings. The minimum absolute atomic E-state index is 0.0333. The Hall–Kier alpha value is -2.57. The minimum Gasteiger partial charge on any atom is -0.449 e. The third-order valence-electron chi connectivity index (χ3n) is 4.40. The molecule has 1 heterocycles. The third kappa shape index (κ3) is 3.98. The lowest BCUT2D eigenvalue weighted by Gasteiger charge is -2.22. The van der Waals surface area contributed by atoms with E-state index in [0.717, 1.165) is 5.56 Å². The molecule has 0 aliphatic carbocycles. The normalized spacial score (nSPS) is 10.9. The van der Waals surface area contributed by atoms with Crippen LogP contribution in [0.5, 0.6) is 5.75 Å². The number of benzene rings is 2. The molecule has 5 nitrogen and oxygen atoms in total. The van der Waals surface area contributed by atoms with Crippen LogP contribution in [0.4, 0.5) is 15.0 Å². The van der Waals surface area contributed by atoms with E-state index in [0.29, 0.717) is 22.5 Å². The first kappa shape index (κ1) is 20.2. The van der Waals surface area contributed by atoms with Crippen molar-refractivity contribution < 1.29 is 19.0 Å². The van der Waals surface area contributed by atoms with E-state index in [2.05, 4.69) is 4.98 Å². The number of pyridine rings is 1. The van der Waals surface area contributed by atoms with Gasteiger partial charge in [0.15, 0.2) is 17.4 Å². The molecule has 146 valence electrons. The van der Waals surface area contributed by atoms with E-state index in [9.17, 15) is 14.3 Å². The Kier molecular flexibility index (Phi) is 5.91. The number of aromatic nitrogens is 1. The van der Waals surface area contributed by atoms with Crippen molar-refractivity contribution >= 4 is 46.1 Å². The molecule has 8 heteroatoms. The Morgan fingerprint density at radius 1 is 1.29 bits per heavy atom. The fourth-order valence-electron chi connectivity index (χ4n) is 2.93. The van der Waals surface area contributed by atoms with Gasteiger partial charge in [-0.1, -0.05) is 41.4 Å². The van der Waals surface area contributed by atoms with Crippen molar-refractivity contribution in [1.29, 1.82) is 0 Å². The van der Waals surface area contributed by atoms with Crippen molar-refractivity contribution in [2.75, 3.05) is 18.5 Å². The summed E-state index contributed by atoms with van der Waals surface area (Å²) in [5, 5.41) is 10.3. The second kappa shape index (κ2) is 8.20. The molecule has 0 atom stereocenters. The summed E-state index contributed by atoms with van der Waals surface area (Å²) in [6.07, 6.45) is -1.28. The average molecular weight is 423 g/mol. The zero-order valence-electron chi connectivity index (χ0n) is 15.2. The number of rotatable bonds is 5. The van der Waals surface area contributed by atoms with Crippen molar-refractivity contribution in [1.82, 2.24) is 4.98 Å². The van der Waals surface area contributed by atoms with Crippen LogP contribution < -0.4 is 9.64 Å². The molecule has 0 saturated carbocycles. The maximum Gasteiger partial charge on any atom is 0.511 e. The molecule has 28 heavy (non-hydrogen) atoms. The summed E-state index contributed by atoms with van der Waals surface area (Å²) in [5.74, 6) is -0.345. The molecule has 0 aliphatic rings. The summed E-state index contributed by atoms with van der Waals surface area (Å²) in [5.41, 5.74) is 1.26. The first-order valence-corrected chi connectivity index (χ1v) is 9.24. The van der Waals surface area contributed by atoms with Crippen LogP contribution in [-0.2, 0) is 6.42 Å². The maximum atomic E-state index is 14.6. The number of carboxylic acid groups (broad SMARTS) is 1. The van der Waals surface area contributed by atoms with Crippen LogP contribution in [-0.4, -0.2) is 29.8 Å². The quantitative estimate of drug-likeness (QED) is 0.527. The summed E-state index contributed by atoms with van der Waals surface area (Å²) in [6.45, 7) is 2.37. The molecule has 0 radical (unpaired) electrons. The van der Waals surface area contributed by atoms with E-state index >= 15 is 0 Å². The number of fused-ring (bicyclic) bond motifs is 1. The van der Waals surface area contributed by atoms with E-state index in [-0.39, 0.29) is 28.5 Å². The van der Waals surface area contributed by atoms with Crippen LogP contribution in [0.1, 0.15) is 18.1 Å². The molecule has 2 aromatic carbocycles. The molecule has 1 N–H and O–H groups in total. The Balaban J connectivity index is 2.38. The van der Waals surface area contributed by atoms with E-state index < -0.39 is 12.0 Å². The molecule has 0 unspecified atom stereocenters. The Morgan fingerprint density at radius 3 is 2.64 bits per heavy atom. The van der Waals surface area contributed by atoms with Gasteiger partial charge in [0.05, 0.1) is 0 Å². The fraction of sp³-hybridized carbons (Fsp3) is 0.200. The summed E-state index contributed by atoms with van der Waals surface area (Å²) in [7, 11) is 1.72. The lowest BCUT2D eigenvalue weighted by molar-refractivity contribution is 0.144. The van der Waals surface area contributed by atoms with Crippen molar-refractivity contribution in [3.63, 3.8) is 0 Å². The molecular formula is C20H17Cl2FN2O3. The molecule has 0 amide bonds. The molecule has 0 spiro atoms. The minimum atomic E-state index is -1.49. The van der Waals surface area contributed by atoms with Crippen molar-refractivity contribution in [2.24, 2.45) is 0 Å². The number of hydrogen-bond acceptors (Lipinski definition) is 4. The fourth-order valence-corrected chi connectivity index (χ4v) is 3.34. The van der Waals surface area contributed by atoms with Crippen molar-refractivity contribution in [3.8, 4) is 5.75 Å². The highest BCUT2D eigenvalue weighted by Gasteiger charge is 2.24. The van der Waals surface area contributed by atoms with Gasteiger partial charge in [-0.2, -0.15) is 0 Å². The molecule has 3 rings (SSSR count). The van der Waals surface area contributed by atoms with Crippen LogP contribution in [0.25, 0.3) is 10.9 Å². The van der Waals surface area contributed by atoms with E-state index in [1.54, 1.807) is 30.1 Å². The van der Waals surface area contributed by atoms with Gasteiger partial charge in [-0.3, -0.25) is 0 Å². The van der Waals surface area contributed by atoms with Crippen LogP contribution in [0.2, 0.25) is 10.0 Å². The van der Waals surface area contributed by atoms with Gasteiger partial charge < -0.3 is 14.7 Å². The van der Waals surface area contributed by atoms with Crippen LogP contribution >= 0.6 is 23.2 Å². The summed E-state index contributed by atoms with van der Waals surface area (Å²) in [4.78, 5) is 17.4. The zero-order valence-corrected chi connectivity index (χ0v) is 16.7. The van der Waals surface area contributed by atoms with E-state index in [1.165, 1.54) is 6.07 Å². The highest BCUT2D eigenvalue weighted by molar-refractivity contribution is 6.31. The Morgan fingerprint density at radius 2 is 2.00 bits per heavy atom. The van der Waals surface area contributed by atoms with Gasteiger partial charge in [0.25, 0.3) is 0 Å². The van der Waals surface area contributed by atoms with Gasteiger partial charge in [0.2, 0.25) is 0 Å². The Labute approximate surface area is 171 Å². The van der Waals surface area contributed by atoms with Gasteiger partial charge in [0, 0.05) is 41.0 Å². The highest BCUT2D eigenvalue weighted by atomic mass is 35.5. The van der Waals surface area contributed by atoms with Crippen molar-refractivity contribution in [2.45, 2.75) is 13.3 Å². The van der Waals surface area contributed by atoms with E-state index in [4.69, 9.17) is 27.9 Å². The second-order valence-corrected chi connectivity index (χ2v) is 7.02. The first-order valence-electron chi connectivity index (χ1n) is 8.48. The van der Waals surface area contributed by atoms with Gasteiger partial charge in [-0.25, -0.2) is 14.2 Å². The number of nitrogens with zero attached hydrogens (tertiary/aromatic N) is 2. The molecule has 0 bridgehead atoms. The topological polar surface area (TPSA) is 62.7 Å². The number of ether oxygens (including phenoxy) is 1. The molecule has 1 aromatic heterocycles. The smallest absolute Gasteiger partial charge is 0.449 e. The number of carbonyl (C=O) groups is 1. The molecule has 3 aromatic rings. The third-order valence-corrected chi connectivity index (χ3v) is 4.99. The van der Waals surface area contributed by atoms with Gasteiger partial charge in [-0.15, -0.1) is 0 Å². The monoisotopic (exact) mass is 422 g/mol. The molecule has 0 saturated heterocycles. The van der Waals surface area contributed by atoms with Gasteiger partial charge in [0.1, 0.15) is 5.52 Å². The highest BCUT2D eigenvalue weighted by Crippen LogP contribution is 2.39. The predicted molar refractivity (Wildman–Crippen MR) is 109 cm³/mol. The second-order valence-electron chi connectivity index (χ2n) is 6.18. The van der Waals surface area contributed by atoms with Crippen molar-refractivity contribution in [3.05, 3.63) is 63.4 Å².